The van der Waals surface area contributed by atoms with Gasteiger partial charge in [-0.1, -0.05) is 65.8 Å². The number of carbonyl (C=O) groups is 1. The van der Waals surface area contributed by atoms with Gasteiger partial charge < -0.3 is 15.5 Å². The van der Waals surface area contributed by atoms with Gasteiger partial charge in [-0.2, -0.15) is 0 Å². The van der Waals surface area contributed by atoms with E-state index in [1.807, 2.05) is 0 Å². The normalized spacial score (nSPS) is 49.0. The summed E-state index contributed by atoms with van der Waals surface area (Å²) in [5.41, 5.74) is 3.28. The highest BCUT2D eigenvalue weighted by Gasteiger charge is 2.70. The molecule has 5 saturated carbocycles. The number of nitrogens with one attached hydrogen (secondary N) is 1. The van der Waals surface area contributed by atoms with E-state index in [-0.39, 0.29) is 27.2 Å². The summed E-state index contributed by atoms with van der Waals surface area (Å²) in [7, 11) is 0. The summed E-state index contributed by atoms with van der Waals surface area (Å²) < 4.78 is 14.0. The van der Waals surface area contributed by atoms with Crippen molar-refractivity contribution in [2.75, 3.05) is 13.2 Å². The van der Waals surface area contributed by atoms with Gasteiger partial charge in [0.2, 0.25) is 0 Å². The average molecular weight is 706 g/mol. The standard InChI is InChI=1S/C46H72FNO3/c1-30(2)33-15-24-46(48-28-27-45(51)22-11-31(3)12-23-45)26-25-42(7)35(38(33)46)9-10-37-41(6)18-16-34(40(4,5)36(41)17-19-43(37,42)8)32-13-20-44(29-47,21-14-32)39(49)50/h13,16,31,33,35-38,48,51H,1,9-12,14-15,17-29H2,2-8H3,(H,49,50)/t31-,33-,35+,36-,37+,38+,41-,42+,43+,44+,45+,46-/m0/s1. The largest absolute Gasteiger partial charge is 0.481 e. The number of carboxylic acid groups (broad SMARTS) is 1. The zero-order chi connectivity index (χ0) is 36.8. The van der Waals surface area contributed by atoms with Gasteiger partial charge in [0, 0.05) is 5.54 Å². The third-order valence-electron chi connectivity index (χ3n) is 18.6. The lowest BCUT2D eigenvalue weighted by Gasteiger charge is -2.72. The Bertz CT molecular complexity index is 1460. The van der Waals surface area contributed by atoms with Crippen LogP contribution in [-0.4, -0.2) is 40.5 Å². The predicted molar refractivity (Wildman–Crippen MR) is 206 cm³/mol. The van der Waals surface area contributed by atoms with E-state index in [1.54, 1.807) is 0 Å². The van der Waals surface area contributed by atoms with Crippen LogP contribution in [0.5, 0.6) is 0 Å². The minimum Gasteiger partial charge on any atom is -0.481 e. The second-order valence-electron chi connectivity index (χ2n) is 21.1. The first-order valence-electron chi connectivity index (χ1n) is 21.2. The first-order valence-corrected chi connectivity index (χ1v) is 21.2. The van der Waals surface area contributed by atoms with Crippen LogP contribution in [0.3, 0.4) is 0 Å². The Hall–Kier alpha value is -1.46. The molecule has 0 bridgehead atoms. The fourth-order valence-corrected chi connectivity index (χ4v) is 15.2. The second-order valence-corrected chi connectivity index (χ2v) is 21.1. The molecular weight excluding hydrogens is 634 g/mol. The number of alkyl halides is 1. The molecule has 0 aromatic carbocycles. The zero-order valence-electron chi connectivity index (χ0n) is 33.4. The lowest BCUT2D eigenvalue weighted by molar-refractivity contribution is -0.221. The van der Waals surface area contributed by atoms with E-state index in [1.165, 1.54) is 68.1 Å². The first kappa shape index (κ1) is 37.8. The topological polar surface area (TPSA) is 69.6 Å². The number of halogens is 1. The van der Waals surface area contributed by atoms with Crippen LogP contribution in [0.25, 0.3) is 0 Å². The van der Waals surface area contributed by atoms with Gasteiger partial charge in [0.25, 0.3) is 0 Å². The number of aliphatic carboxylic acids is 1. The molecule has 0 saturated heterocycles. The highest BCUT2D eigenvalue weighted by atomic mass is 19.1. The molecular formula is C46H72FNO3. The van der Waals surface area contributed by atoms with E-state index >= 15 is 0 Å². The van der Waals surface area contributed by atoms with Crippen molar-refractivity contribution in [3.8, 4) is 0 Å². The number of hydrogen-bond donors (Lipinski definition) is 3. The summed E-state index contributed by atoms with van der Waals surface area (Å²) in [6.45, 7) is 22.4. The summed E-state index contributed by atoms with van der Waals surface area (Å²) in [6.07, 6.45) is 22.3. The van der Waals surface area contributed by atoms with E-state index in [4.69, 9.17) is 0 Å². The van der Waals surface area contributed by atoms with Crippen LogP contribution in [0.15, 0.2) is 35.5 Å². The minimum absolute atomic E-state index is 0.000560. The van der Waals surface area contributed by atoms with Crippen LogP contribution in [0, 0.1) is 62.6 Å². The molecule has 7 aliphatic carbocycles. The fourth-order valence-electron chi connectivity index (χ4n) is 15.2. The Kier molecular flexibility index (Phi) is 9.50. The average Bonchev–Trinajstić information content (AvgIpc) is 3.46. The maximum absolute atomic E-state index is 14.0. The first-order chi connectivity index (χ1) is 23.9. The fraction of sp³-hybridized carbons (Fsp3) is 0.848. The lowest BCUT2D eigenvalue weighted by Crippen LogP contribution is -2.68. The van der Waals surface area contributed by atoms with Gasteiger partial charge in [-0.15, -0.1) is 0 Å². The summed E-state index contributed by atoms with van der Waals surface area (Å²) in [5.74, 6) is 2.87. The molecule has 286 valence electrons. The lowest BCUT2D eigenvalue weighted by atomic mass is 9.33. The molecule has 0 aliphatic heterocycles. The molecule has 0 amide bonds. The molecule has 4 nitrogen and oxygen atoms in total. The van der Waals surface area contributed by atoms with Gasteiger partial charge in [0.15, 0.2) is 0 Å². The maximum Gasteiger partial charge on any atom is 0.312 e. The van der Waals surface area contributed by atoms with Crippen molar-refractivity contribution in [1.29, 1.82) is 0 Å². The van der Waals surface area contributed by atoms with E-state index < -0.39 is 23.7 Å². The van der Waals surface area contributed by atoms with Crippen LogP contribution < -0.4 is 5.32 Å². The predicted octanol–water partition coefficient (Wildman–Crippen LogP) is 11.0. The molecule has 5 fully saturated rings. The monoisotopic (exact) mass is 706 g/mol. The van der Waals surface area contributed by atoms with Gasteiger partial charge in [-0.3, -0.25) is 4.79 Å². The third-order valence-corrected chi connectivity index (χ3v) is 18.6. The smallest absolute Gasteiger partial charge is 0.312 e. The van der Waals surface area contributed by atoms with Crippen molar-refractivity contribution in [1.82, 2.24) is 5.32 Å². The molecule has 0 radical (unpaired) electrons. The molecule has 0 aromatic rings. The number of rotatable bonds is 8. The van der Waals surface area contributed by atoms with Crippen molar-refractivity contribution in [3.63, 3.8) is 0 Å². The van der Waals surface area contributed by atoms with Crippen molar-refractivity contribution in [2.24, 2.45) is 62.6 Å². The summed E-state index contributed by atoms with van der Waals surface area (Å²) >= 11 is 0. The van der Waals surface area contributed by atoms with Crippen molar-refractivity contribution < 1.29 is 19.4 Å². The Balaban J connectivity index is 1.14. The molecule has 3 N–H and O–H groups in total. The van der Waals surface area contributed by atoms with Gasteiger partial charge >= 0.3 is 5.97 Å². The Morgan fingerprint density at radius 1 is 0.882 bits per heavy atom. The quantitative estimate of drug-likeness (QED) is 0.220. The Morgan fingerprint density at radius 2 is 1.61 bits per heavy atom. The van der Waals surface area contributed by atoms with Crippen LogP contribution in [0.1, 0.15) is 158 Å². The highest BCUT2D eigenvalue weighted by Crippen LogP contribution is 2.76. The van der Waals surface area contributed by atoms with Gasteiger partial charge in [0.1, 0.15) is 6.67 Å². The van der Waals surface area contributed by atoms with Gasteiger partial charge in [-0.25, -0.2) is 4.39 Å². The second kappa shape index (κ2) is 12.8. The SMILES string of the molecule is C=C(C)[C@@H]1CC[C@]2(NCC[C@]3(O)CC[C@@H](C)CC3)CC[C@]3(C)[C@H](CC[C@@H]4[C@@]5(C)CC=C(C6=CC[C@@](CF)(C(=O)O)CC6)C(C)(C)[C@@H]5CC[C@]43C)[C@@H]12. The molecule has 0 aromatic heterocycles. The van der Waals surface area contributed by atoms with Gasteiger partial charge in [-0.05, 0) is 191 Å². The third kappa shape index (κ3) is 5.64. The van der Waals surface area contributed by atoms with E-state index in [0.29, 0.717) is 48.9 Å². The molecule has 10 atom stereocenters. The molecule has 0 heterocycles. The van der Waals surface area contributed by atoms with Gasteiger partial charge in [0.05, 0.1) is 11.0 Å². The Labute approximate surface area is 310 Å². The van der Waals surface area contributed by atoms with Crippen LogP contribution >= 0.6 is 0 Å². The highest BCUT2D eigenvalue weighted by molar-refractivity contribution is 5.75. The maximum atomic E-state index is 14.0. The summed E-state index contributed by atoms with van der Waals surface area (Å²) in [5, 5.41) is 25.6. The zero-order valence-corrected chi connectivity index (χ0v) is 33.4. The number of allylic oxidation sites excluding steroid dienone is 5. The summed E-state index contributed by atoms with van der Waals surface area (Å²) in [6, 6.07) is 0. The summed E-state index contributed by atoms with van der Waals surface area (Å²) in [4.78, 5) is 12.0. The number of fused-ring (bicyclic) bond motifs is 7. The van der Waals surface area contributed by atoms with E-state index in [0.717, 1.165) is 51.0 Å². The van der Waals surface area contributed by atoms with Crippen molar-refractivity contribution in [2.45, 2.75) is 169 Å². The van der Waals surface area contributed by atoms with Crippen LogP contribution in [0.2, 0.25) is 0 Å². The molecule has 5 heteroatoms. The molecule has 0 spiro atoms. The number of carboxylic acids is 1. The van der Waals surface area contributed by atoms with E-state index in [9.17, 15) is 19.4 Å². The Morgan fingerprint density at radius 3 is 2.24 bits per heavy atom. The minimum atomic E-state index is -1.25. The number of aliphatic hydroxyl groups is 1. The molecule has 0 unspecified atom stereocenters. The number of hydrogen-bond acceptors (Lipinski definition) is 3. The molecule has 51 heavy (non-hydrogen) atoms. The van der Waals surface area contributed by atoms with E-state index in [2.05, 4.69) is 72.5 Å². The molecule has 7 aliphatic rings. The van der Waals surface area contributed by atoms with Crippen LogP contribution in [0.4, 0.5) is 4.39 Å². The van der Waals surface area contributed by atoms with Crippen molar-refractivity contribution in [3.05, 3.63) is 35.5 Å². The van der Waals surface area contributed by atoms with Crippen molar-refractivity contribution >= 4 is 5.97 Å². The molecule has 7 rings (SSSR count). The van der Waals surface area contributed by atoms with Crippen LogP contribution in [-0.2, 0) is 4.79 Å².